The van der Waals surface area contributed by atoms with E-state index >= 15 is 0 Å². The van der Waals surface area contributed by atoms with E-state index in [1.807, 2.05) is 0 Å². The van der Waals surface area contributed by atoms with E-state index in [4.69, 9.17) is 0 Å². The summed E-state index contributed by atoms with van der Waals surface area (Å²) in [5, 5.41) is 1.15. The Labute approximate surface area is 189 Å². The summed E-state index contributed by atoms with van der Waals surface area (Å²) in [6, 6.07) is 3.34. The van der Waals surface area contributed by atoms with Crippen molar-refractivity contribution in [2.24, 2.45) is 0 Å². The fourth-order valence-corrected chi connectivity index (χ4v) is 3.05. The van der Waals surface area contributed by atoms with Crippen molar-refractivity contribution < 1.29 is 49.4 Å². The minimum absolute atomic E-state index is 0.0384. The molecule has 2 aromatic heterocycles. The van der Waals surface area contributed by atoms with E-state index in [1.54, 1.807) is 0 Å². The first kappa shape index (κ1) is 25.8. The van der Waals surface area contributed by atoms with Gasteiger partial charge in [0.1, 0.15) is 0 Å². The molecule has 3 rings (SSSR count). The van der Waals surface area contributed by atoms with Gasteiger partial charge in [0, 0.05) is 17.0 Å². The summed E-state index contributed by atoms with van der Waals surface area (Å²) >= 11 is 0. The van der Waals surface area contributed by atoms with Crippen LogP contribution in [0.15, 0.2) is 29.2 Å². The molecule has 0 unspecified atom stereocenters. The quantitative estimate of drug-likeness (QED) is 0.226. The summed E-state index contributed by atoms with van der Waals surface area (Å²) in [4.78, 5) is 42.5. The lowest BCUT2D eigenvalue weighted by Gasteiger charge is -2.28. The number of nitrogens with zero attached hydrogens (tertiary/aromatic N) is 1. The molecule has 35 heavy (non-hydrogen) atoms. The van der Waals surface area contributed by atoms with Crippen LogP contribution in [0.5, 0.6) is 0 Å². The van der Waals surface area contributed by atoms with Gasteiger partial charge in [-0.15, -0.1) is 0 Å². The molecule has 2 N–H and O–H groups in total. The minimum atomic E-state index is -6.55. The molecule has 7 nitrogen and oxygen atoms in total. The molecular weight excluding hydrogens is 498 g/mol. The van der Waals surface area contributed by atoms with Crippen LogP contribution in [-0.2, 0) is 4.74 Å². The maximum atomic E-state index is 14.4. The Morgan fingerprint density at radius 3 is 2.37 bits per heavy atom. The second-order valence-corrected chi connectivity index (χ2v) is 7.11. The van der Waals surface area contributed by atoms with E-state index in [1.165, 1.54) is 18.3 Å². The number of nitrogens with one attached hydrogen (secondary N) is 2. The summed E-state index contributed by atoms with van der Waals surface area (Å²) in [5.41, 5.74) is -2.70. The summed E-state index contributed by atoms with van der Waals surface area (Å²) in [6.07, 6.45) is -5.81. The summed E-state index contributed by atoms with van der Waals surface area (Å²) in [5.74, 6) is -16.0. The number of rotatable bonds is 6. The predicted molar refractivity (Wildman–Crippen MR) is 104 cm³/mol. The number of H-pyrrole nitrogens is 1. The number of hydrogen-bond donors (Lipinski definition) is 2. The molecule has 15 heteroatoms. The van der Waals surface area contributed by atoms with Gasteiger partial charge in [-0.2, -0.15) is 35.1 Å². The zero-order valence-electron chi connectivity index (χ0n) is 17.3. The third kappa shape index (κ3) is 4.49. The normalized spacial score (nSPS) is 12.7. The van der Waals surface area contributed by atoms with Gasteiger partial charge in [-0.3, -0.25) is 14.6 Å². The highest BCUT2D eigenvalue weighted by atomic mass is 19.4. The maximum Gasteiger partial charge on any atom is 0.459 e. The first-order valence-corrected chi connectivity index (χ1v) is 9.54. The van der Waals surface area contributed by atoms with Crippen LogP contribution in [0.4, 0.5) is 35.1 Å². The zero-order valence-corrected chi connectivity index (χ0v) is 17.3. The van der Waals surface area contributed by atoms with Crippen molar-refractivity contribution in [1.29, 1.82) is 0 Å². The van der Waals surface area contributed by atoms with Crippen molar-refractivity contribution in [2.75, 3.05) is 13.2 Å². The van der Waals surface area contributed by atoms with Gasteiger partial charge in [-0.25, -0.2) is 4.79 Å². The molecule has 0 atom stereocenters. The smallest absolute Gasteiger partial charge is 0.459 e. The van der Waals surface area contributed by atoms with E-state index in [-0.39, 0.29) is 28.4 Å². The van der Waals surface area contributed by atoms with E-state index in [2.05, 4.69) is 14.7 Å². The Morgan fingerprint density at radius 2 is 1.77 bits per heavy atom. The molecule has 0 radical (unpaired) electrons. The van der Waals surface area contributed by atoms with Crippen LogP contribution >= 0.6 is 0 Å². The van der Waals surface area contributed by atoms with Crippen molar-refractivity contribution in [1.82, 2.24) is 15.3 Å². The second kappa shape index (κ2) is 8.78. The predicted octanol–water partition coefficient (Wildman–Crippen LogP) is 3.95. The highest BCUT2D eigenvalue weighted by molar-refractivity contribution is 6.06. The van der Waals surface area contributed by atoms with Crippen LogP contribution in [0.3, 0.4) is 0 Å². The van der Waals surface area contributed by atoms with E-state index < -0.39 is 58.9 Å². The fraction of sp³-hybridized carbons (Fsp3) is 0.300. The molecule has 0 saturated carbocycles. The number of benzene rings is 1. The van der Waals surface area contributed by atoms with Crippen molar-refractivity contribution in [2.45, 2.75) is 24.9 Å². The third-order valence-electron chi connectivity index (χ3n) is 4.81. The molecule has 1 aromatic carbocycles. The summed E-state index contributed by atoms with van der Waals surface area (Å²) in [7, 11) is 0. The molecule has 1 amide bonds. The number of carbonyl (C=O) groups excluding carboxylic acids is 2. The largest absolute Gasteiger partial charge is 0.462 e. The molecule has 188 valence electrons. The molecule has 0 aliphatic rings. The number of alkyl halides is 7. The number of halogens is 8. The van der Waals surface area contributed by atoms with Crippen LogP contribution < -0.4 is 10.7 Å². The standard InChI is InChI=1S/C20H13F8N3O4/c1-2-35-17(34)11-14(32)10-4-3-8-5-9(6-29-12(8)13(10)31-15(11)21)16(33)30-7-18(22,23)19(24,25)20(26,27)28/h3-6H,2,7H2,1H3,(H,30,33)(H,31,32). The number of aromatic amines is 1. The van der Waals surface area contributed by atoms with Crippen molar-refractivity contribution in [3.05, 3.63) is 51.7 Å². The summed E-state index contributed by atoms with van der Waals surface area (Å²) in [6.45, 7) is -1.01. The molecule has 0 fully saturated rings. The van der Waals surface area contributed by atoms with Gasteiger partial charge in [0.05, 0.1) is 29.7 Å². The maximum absolute atomic E-state index is 14.4. The number of pyridine rings is 2. The number of fused-ring (bicyclic) bond motifs is 3. The number of amides is 1. The molecule has 0 aliphatic carbocycles. The lowest BCUT2D eigenvalue weighted by atomic mass is 10.1. The fourth-order valence-electron chi connectivity index (χ4n) is 3.05. The Morgan fingerprint density at radius 1 is 1.11 bits per heavy atom. The van der Waals surface area contributed by atoms with Crippen LogP contribution in [-0.4, -0.2) is 53.0 Å². The van der Waals surface area contributed by atoms with Crippen LogP contribution in [0.2, 0.25) is 0 Å². The Kier molecular flexibility index (Phi) is 6.48. The first-order chi connectivity index (χ1) is 16.1. The van der Waals surface area contributed by atoms with Crippen molar-refractivity contribution in [3.8, 4) is 0 Å². The van der Waals surface area contributed by atoms with Gasteiger partial charge in [-0.05, 0) is 19.1 Å². The lowest BCUT2D eigenvalue weighted by molar-refractivity contribution is -0.352. The summed E-state index contributed by atoms with van der Waals surface area (Å²) < 4.78 is 108. The number of aromatic nitrogens is 2. The van der Waals surface area contributed by atoms with E-state index in [0.29, 0.717) is 0 Å². The number of esters is 1. The number of hydrogen-bond acceptors (Lipinski definition) is 5. The topological polar surface area (TPSA) is 101 Å². The Hall–Kier alpha value is -3.78. The monoisotopic (exact) mass is 511 g/mol. The van der Waals surface area contributed by atoms with Gasteiger partial charge in [0.15, 0.2) is 5.56 Å². The minimum Gasteiger partial charge on any atom is -0.462 e. The van der Waals surface area contributed by atoms with Gasteiger partial charge >= 0.3 is 24.0 Å². The van der Waals surface area contributed by atoms with Crippen molar-refractivity contribution in [3.63, 3.8) is 0 Å². The van der Waals surface area contributed by atoms with Crippen LogP contribution in [0.1, 0.15) is 27.6 Å². The third-order valence-corrected chi connectivity index (χ3v) is 4.81. The molecule has 3 aromatic rings. The first-order valence-electron chi connectivity index (χ1n) is 9.54. The van der Waals surface area contributed by atoms with Crippen LogP contribution in [0.25, 0.3) is 21.8 Å². The van der Waals surface area contributed by atoms with Crippen molar-refractivity contribution >= 4 is 33.7 Å². The average molecular weight is 511 g/mol. The Bertz CT molecular complexity index is 1380. The van der Waals surface area contributed by atoms with Gasteiger partial charge in [-0.1, -0.05) is 6.07 Å². The van der Waals surface area contributed by atoms with Crippen LogP contribution in [0, 0.1) is 5.95 Å². The van der Waals surface area contributed by atoms with Gasteiger partial charge in [0.25, 0.3) is 5.91 Å². The Balaban J connectivity index is 1.95. The number of ether oxygens (including phenoxy) is 1. The van der Waals surface area contributed by atoms with Gasteiger partial charge < -0.3 is 15.0 Å². The molecular formula is C20H13F8N3O4. The number of carbonyl (C=O) groups is 2. The van der Waals surface area contributed by atoms with Gasteiger partial charge in [0.2, 0.25) is 11.4 Å². The molecule has 2 heterocycles. The van der Waals surface area contributed by atoms with E-state index in [0.717, 1.165) is 18.3 Å². The lowest BCUT2D eigenvalue weighted by Crippen LogP contribution is -2.56. The molecule has 0 spiro atoms. The highest BCUT2D eigenvalue weighted by Gasteiger charge is 2.72. The molecule has 0 bridgehead atoms. The highest BCUT2D eigenvalue weighted by Crippen LogP contribution is 2.46. The average Bonchev–Trinajstić information content (AvgIpc) is 2.76. The zero-order chi connectivity index (χ0) is 26.3. The molecule has 0 saturated heterocycles. The molecule has 0 aliphatic heterocycles. The second-order valence-electron chi connectivity index (χ2n) is 7.11. The SMILES string of the molecule is CCOC(=O)c1c(F)[nH]c2c(ccc3cc(C(=O)NCC(F)(F)C(F)(F)C(F)(F)F)cnc32)c1=O. The van der Waals surface area contributed by atoms with E-state index in [9.17, 15) is 49.5 Å².